The third-order valence-corrected chi connectivity index (χ3v) is 5.25. The first-order valence-electron chi connectivity index (χ1n) is 9.22. The number of carbonyl (C=O) groups is 2. The van der Waals surface area contributed by atoms with Crippen molar-refractivity contribution >= 4 is 23.2 Å². The fraction of sp³-hybridized carbons (Fsp3) is 0.400. The van der Waals surface area contributed by atoms with E-state index in [0.29, 0.717) is 37.4 Å². The molecule has 1 aromatic carbocycles. The van der Waals surface area contributed by atoms with Crippen molar-refractivity contribution in [1.82, 2.24) is 15.1 Å². The molecule has 0 unspecified atom stereocenters. The summed E-state index contributed by atoms with van der Waals surface area (Å²) in [6.45, 7) is 6.99. The highest BCUT2D eigenvalue weighted by Crippen LogP contribution is 2.15. The SMILES string of the molecule is CCOc1ccc(C(=O)N2CCN(CCNC(=O)c3ccsc3)CC2)cc1. The minimum atomic E-state index is -0.0273. The van der Waals surface area contributed by atoms with E-state index in [1.807, 2.05) is 52.9 Å². The van der Waals surface area contributed by atoms with Gasteiger partial charge in [0, 0.05) is 55.8 Å². The van der Waals surface area contributed by atoms with Crippen LogP contribution < -0.4 is 10.1 Å². The first-order valence-corrected chi connectivity index (χ1v) is 10.2. The Balaban J connectivity index is 1.40. The van der Waals surface area contributed by atoms with E-state index in [2.05, 4.69) is 10.2 Å². The van der Waals surface area contributed by atoms with Crippen LogP contribution >= 0.6 is 11.3 Å². The molecule has 0 radical (unpaired) electrons. The summed E-state index contributed by atoms with van der Waals surface area (Å²) in [6.07, 6.45) is 0. The number of rotatable bonds is 7. The highest BCUT2D eigenvalue weighted by Gasteiger charge is 2.22. The van der Waals surface area contributed by atoms with Gasteiger partial charge < -0.3 is 15.0 Å². The van der Waals surface area contributed by atoms with Crippen LogP contribution in [0.2, 0.25) is 0 Å². The Morgan fingerprint density at radius 1 is 1.07 bits per heavy atom. The Labute approximate surface area is 163 Å². The second kappa shape index (κ2) is 9.53. The molecule has 1 fully saturated rings. The monoisotopic (exact) mass is 387 g/mol. The summed E-state index contributed by atoms with van der Waals surface area (Å²) >= 11 is 1.52. The average molecular weight is 388 g/mol. The molecule has 27 heavy (non-hydrogen) atoms. The molecule has 1 aliphatic heterocycles. The van der Waals surface area contributed by atoms with Gasteiger partial charge in [-0.3, -0.25) is 14.5 Å². The Morgan fingerprint density at radius 2 is 1.81 bits per heavy atom. The number of nitrogens with zero attached hydrogens (tertiary/aromatic N) is 2. The van der Waals surface area contributed by atoms with Crippen LogP contribution in [-0.4, -0.2) is 67.5 Å². The van der Waals surface area contributed by atoms with E-state index in [9.17, 15) is 9.59 Å². The Morgan fingerprint density at radius 3 is 2.44 bits per heavy atom. The second-order valence-electron chi connectivity index (χ2n) is 6.36. The van der Waals surface area contributed by atoms with Crippen LogP contribution in [0.4, 0.5) is 0 Å². The van der Waals surface area contributed by atoms with Crippen LogP contribution in [-0.2, 0) is 0 Å². The van der Waals surface area contributed by atoms with Gasteiger partial charge in [0.15, 0.2) is 0 Å². The zero-order valence-electron chi connectivity index (χ0n) is 15.5. The molecule has 0 saturated carbocycles. The molecule has 0 bridgehead atoms. The van der Waals surface area contributed by atoms with Gasteiger partial charge in [-0.05, 0) is 42.6 Å². The number of thiophene rings is 1. The maximum absolute atomic E-state index is 12.6. The van der Waals surface area contributed by atoms with Crippen molar-refractivity contribution in [3.05, 3.63) is 52.2 Å². The maximum Gasteiger partial charge on any atom is 0.253 e. The number of hydrogen-bond donors (Lipinski definition) is 1. The third-order valence-electron chi connectivity index (χ3n) is 4.57. The molecule has 2 heterocycles. The van der Waals surface area contributed by atoms with E-state index in [4.69, 9.17) is 4.74 Å². The number of carbonyl (C=O) groups excluding carboxylic acids is 2. The molecular weight excluding hydrogens is 362 g/mol. The molecule has 1 aliphatic rings. The first-order chi connectivity index (χ1) is 13.2. The number of hydrogen-bond acceptors (Lipinski definition) is 5. The highest BCUT2D eigenvalue weighted by molar-refractivity contribution is 7.08. The summed E-state index contributed by atoms with van der Waals surface area (Å²) in [5.41, 5.74) is 1.40. The molecule has 2 amide bonds. The van der Waals surface area contributed by atoms with Crippen molar-refractivity contribution in [2.75, 3.05) is 45.9 Å². The molecule has 0 aliphatic carbocycles. The van der Waals surface area contributed by atoms with E-state index < -0.39 is 0 Å². The summed E-state index contributed by atoms with van der Waals surface area (Å²) in [6, 6.07) is 9.14. The van der Waals surface area contributed by atoms with E-state index in [1.165, 1.54) is 11.3 Å². The third kappa shape index (κ3) is 5.30. The molecule has 144 valence electrons. The summed E-state index contributed by atoms with van der Waals surface area (Å²) in [5.74, 6) is 0.812. The maximum atomic E-state index is 12.6. The van der Waals surface area contributed by atoms with Crippen LogP contribution in [0, 0.1) is 0 Å². The predicted octanol–water partition coefficient (Wildman–Crippen LogP) is 2.33. The fourth-order valence-corrected chi connectivity index (χ4v) is 3.68. The van der Waals surface area contributed by atoms with Gasteiger partial charge in [-0.25, -0.2) is 0 Å². The van der Waals surface area contributed by atoms with Crippen LogP contribution in [0.25, 0.3) is 0 Å². The minimum Gasteiger partial charge on any atom is -0.494 e. The van der Waals surface area contributed by atoms with Gasteiger partial charge in [-0.2, -0.15) is 11.3 Å². The highest BCUT2D eigenvalue weighted by atomic mass is 32.1. The van der Waals surface area contributed by atoms with Gasteiger partial charge in [-0.15, -0.1) is 0 Å². The zero-order chi connectivity index (χ0) is 19.1. The lowest BCUT2D eigenvalue weighted by atomic mass is 10.1. The zero-order valence-corrected chi connectivity index (χ0v) is 16.3. The van der Waals surface area contributed by atoms with E-state index in [0.717, 1.165) is 25.4 Å². The van der Waals surface area contributed by atoms with E-state index in [1.54, 1.807) is 0 Å². The molecule has 7 heteroatoms. The number of piperazine rings is 1. The number of amides is 2. The smallest absolute Gasteiger partial charge is 0.253 e. The van der Waals surface area contributed by atoms with Crippen LogP contribution in [0.3, 0.4) is 0 Å². The lowest BCUT2D eigenvalue weighted by Gasteiger charge is -2.34. The van der Waals surface area contributed by atoms with Gasteiger partial charge in [0.1, 0.15) is 5.75 Å². The summed E-state index contributed by atoms with van der Waals surface area (Å²) < 4.78 is 5.42. The van der Waals surface area contributed by atoms with Gasteiger partial charge >= 0.3 is 0 Å². The average Bonchev–Trinajstić information content (AvgIpc) is 3.24. The van der Waals surface area contributed by atoms with Gasteiger partial charge in [0.05, 0.1) is 6.61 Å². The largest absolute Gasteiger partial charge is 0.494 e. The lowest BCUT2D eigenvalue weighted by molar-refractivity contribution is 0.0638. The van der Waals surface area contributed by atoms with E-state index >= 15 is 0 Å². The van der Waals surface area contributed by atoms with Crippen molar-refractivity contribution in [3.8, 4) is 5.75 Å². The molecule has 1 N–H and O–H groups in total. The molecule has 0 spiro atoms. The van der Waals surface area contributed by atoms with Crippen molar-refractivity contribution < 1.29 is 14.3 Å². The summed E-state index contributed by atoms with van der Waals surface area (Å²) in [5, 5.41) is 6.69. The Bertz CT molecular complexity index is 738. The number of ether oxygens (including phenoxy) is 1. The van der Waals surface area contributed by atoms with Gasteiger partial charge in [-0.1, -0.05) is 0 Å². The van der Waals surface area contributed by atoms with Gasteiger partial charge in [0.25, 0.3) is 11.8 Å². The molecule has 0 atom stereocenters. The Kier molecular flexibility index (Phi) is 6.84. The second-order valence-corrected chi connectivity index (χ2v) is 7.14. The van der Waals surface area contributed by atoms with Crippen LogP contribution in [0.1, 0.15) is 27.6 Å². The van der Waals surface area contributed by atoms with Crippen molar-refractivity contribution in [1.29, 1.82) is 0 Å². The normalized spacial score (nSPS) is 14.8. The number of nitrogens with one attached hydrogen (secondary N) is 1. The summed E-state index contributed by atoms with van der Waals surface area (Å²) in [4.78, 5) is 28.7. The summed E-state index contributed by atoms with van der Waals surface area (Å²) in [7, 11) is 0. The molecular formula is C20H25N3O3S. The van der Waals surface area contributed by atoms with Crippen molar-refractivity contribution in [2.24, 2.45) is 0 Å². The number of benzene rings is 1. The lowest BCUT2D eigenvalue weighted by Crippen LogP contribution is -2.50. The quantitative estimate of drug-likeness (QED) is 0.792. The van der Waals surface area contributed by atoms with Crippen LogP contribution in [0.5, 0.6) is 5.75 Å². The van der Waals surface area contributed by atoms with Crippen molar-refractivity contribution in [3.63, 3.8) is 0 Å². The van der Waals surface area contributed by atoms with E-state index in [-0.39, 0.29) is 11.8 Å². The molecule has 3 rings (SSSR count). The van der Waals surface area contributed by atoms with Crippen molar-refractivity contribution in [2.45, 2.75) is 6.92 Å². The topological polar surface area (TPSA) is 61.9 Å². The molecule has 6 nitrogen and oxygen atoms in total. The van der Waals surface area contributed by atoms with Gasteiger partial charge in [0.2, 0.25) is 0 Å². The standard InChI is InChI=1S/C20H25N3O3S/c1-2-26-18-5-3-16(4-6-18)20(25)23-12-10-22(11-13-23)9-8-21-19(24)17-7-14-27-15-17/h3-7,14-15H,2,8-13H2,1H3,(H,21,24). The fourth-order valence-electron chi connectivity index (χ4n) is 3.04. The molecule has 1 aromatic heterocycles. The molecule has 1 saturated heterocycles. The minimum absolute atomic E-state index is 0.0273. The van der Waals surface area contributed by atoms with Crippen LogP contribution in [0.15, 0.2) is 41.1 Å². The molecule has 2 aromatic rings. The predicted molar refractivity (Wildman–Crippen MR) is 107 cm³/mol. The Hall–Kier alpha value is -2.38. The first kappa shape index (κ1) is 19.4.